The Kier molecular flexibility index (Phi) is 9.72. The molecule has 1 aromatic carbocycles. The minimum atomic E-state index is -0.924. The lowest BCUT2D eigenvalue weighted by Gasteiger charge is -2.36. The Balaban J connectivity index is 2.27. The second-order valence-corrected chi connectivity index (χ2v) is 8.89. The average molecular weight is 446 g/mol. The normalized spacial score (nSPS) is 17.3. The molecule has 1 saturated heterocycles. The van der Waals surface area contributed by atoms with Gasteiger partial charge in [-0.3, -0.25) is 9.59 Å². The molecule has 0 spiro atoms. The van der Waals surface area contributed by atoms with Crippen LogP contribution in [0.25, 0.3) is 6.08 Å². The molecule has 2 rings (SSSR count). The molecule has 7 heteroatoms. The number of aliphatic carboxylic acids is 1. The molecule has 1 aromatic rings. The quantitative estimate of drug-likeness (QED) is 0.482. The molecule has 178 valence electrons. The van der Waals surface area contributed by atoms with Crippen molar-refractivity contribution in [2.24, 2.45) is 17.6 Å². The molecule has 0 radical (unpaired) electrons. The minimum absolute atomic E-state index is 0.0621. The van der Waals surface area contributed by atoms with Gasteiger partial charge < -0.3 is 25.8 Å². The maximum absolute atomic E-state index is 13.1. The van der Waals surface area contributed by atoms with E-state index in [1.807, 2.05) is 26.8 Å². The van der Waals surface area contributed by atoms with Crippen molar-refractivity contribution in [3.8, 4) is 0 Å². The molecule has 4 N–H and O–H groups in total. The van der Waals surface area contributed by atoms with Gasteiger partial charge in [0.2, 0.25) is 0 Å². The number of benzene rings is 1. The first-order chi connectivity index (χ1) is 15.2. The first kappa shape index (κ1) is 25.9. The summed E-state index contributed by atoms with van der Waals surface area (Å²) in [6.07, 6.45) is 4.22. The lowest BCUT2D eigenvalue weighted by molar-refractivity contribution is -0.143. The first-order valence-corrected chi connectivity index (χ1v) is 11.6. The zero-order valence-electron chi connectivity index (χ0n) is 19.9. The highest BCUT2D eigenvalue weighted by Crippen LogP contribution is 2.30. The molecule has 1 aliphatic rings. The van der Waals surface area contributed by atoms with Gasteiger partial charge in [-0.1, -0.05) is 19.6 Å². The number of hydrogen-bond acceptors (Lipinski definition) is 5. The highest BCUT2D eigenvalue weighted by atomic mass is 16.5. The van der Waals surface area contributed by atoms with Crippen LogP contribution in [0.15, 0.2) is 18.7 Å². The number of ether oxygens (including phenoxy) is 1. The number of carboxylic acids is 1. The van der Waals surface area contributed by atoms with Crippen molar-refractivity contribution in [1.82, 2.24) is 5.32 Å². The number of carbonyl (C=O) groups excluding carboxylic acids is 1. The van der Waals surface area contributed by atoms with E-state index in [-0.39, 0.29) is 24.4 Å². The molecule has 1 amide bonds. The van der Waals surface area contributed by atoms with E-state index in [1.54, 1.807) is 6.08 Å². The standard InChI is InChI=1S/C25H39N3O4/c1-6-19-13-21(24(29)27-15-22(25(30)31)16(3)12-17(4)26)18(5)23(14-19)28(7-2)20-8-10-32-11-9-20/h6,13-14,16-17,20,22H,1,7-12,15,26H2,2-5H3,(H,27,29)(H,30,31). The molecule has 0 saturated carbocycles. The van der Waals surface area contributed by atoms with Gasteiger partial charge >= 0.3 is 5.97 Å². The molecular formula is C25H39N3O4. The smallest absolute Gasteiger partial charge is 0.308 e. The summed E-state index contributed by atoms with van der Waals surface area (Å²) in [6.45, 7) is 14.0. The molecule has 7 nitrogen and oxygen atoms in total. The van der Waals surface area contributed by atoms with Crippen LogP contribution in [0.4, 0.5) is 5.69 Å². The van der Waals surface area contributed by atoms with Gasteiger partial charge in [-0.2, -0.15) is 0 Å². The Hall–Kier alpha value is -2.38. The summed E-state index contributed by atoms with van der Waals surface area (Å²) >= 11 is 0. The number of nitrogens with zero attached hydrogens (tertiary/aromatic N) is 1. The third-order valence-corrected chi connectivity index (χ3v) is 6.39. The monoisotopic (exact) mass is 445 g/mol. The van der Waals surface area contributed by atoms with E-state index >= 15 is 0 Å². The summed E-state index contributed by atoms with van der Waals surface area (Å²) < 4.78 is 5.52. The SMILES string of the molecule is C=Cc1cc(C(=O)NCC(C(=O)O)C(C)CC(C)N)c(C)c(N(CC)C2CCOCC2)c1. The number of nitrogens with two attached hydrogens (primary N) is 1. The van der Waals surface area contributed by atoms with Crippen molar-refractivity contribution in [3.63, 3.8) is 0 Å². The van der Waals surface area contributed by atoms with Crippen LogP contribution in [-0.2, 0) is 9.53 Å². The van der Waals surface area contributed by atoms with Gasteiger partial charge in [-0.05, 0) is 69.2 Å². The summed E-state index contributed by atoms with van der Waals surface area (Å²) in [5, 5.41) is 12.5. The van der Waals surface area contributed by atoms with Crippen LogP contribution in [0.2, 0.25) is 0 Å². The number of carbonyl (C=O) groups is 2. The van der Waals surface area contributed by atoms with Crippen molar-refractivity contribution >= 4 is 23.6 Å². The van der Waals surface area contributed by atoms with Crippen LogP contribution in [0.1, 0.15) is 61.5 Å². The number of carboxylic acid groups (broad SMARTS) is 1. The van der Waals surface area contributed by atoms with Gasteiger partial charge in [0.1, 0.15) is 0 Å². The number of rotatable bonds is 11. The van der Waals surface area contributed by atoms with Crippen LogP contribution >= 0.6 is 0 Å². The second-order valence-electron chi connectivity index (χ2n) is 8.89. The summed E-state index contributed by atoms with van der Waals surface area (Å²) in [7, 11) is 0. The Bertz CT molecular complexity index is 803. The van der Waals surface area contributed by atoms with Crippen molar-refractivity contribution in [2.75, 3.05) is 31.2 Å². The molecule has 32 heavy (non-hydrogen) atoms. The molecule has 0 aromatic heterocycles. The summed E-state index contributed by atoms with van der Waals surface area (Å²) in [5.41, 5.74) is 9.16. The first-order valence-electron chi connectivity index (χ1n) is 11.6. The second kappa shape index (κ2) is 12.0. The topological polar surface area (TPSA) is 105 Å². The number of anilines is 1. The van der Waals surface area contributed by atoms with E-state index in [2.05, 4.69) is 29.8 Å². The average Bonchev–Trinajstić information content (AvgIpc) is 2.75. The van der Waals surface area contributed by atoms with Gasteiger partial charge in [-0.25, -0.2) is 0 Å². The summed E-state index contributed by atoms with van der Waals surface area (Å²) in [6, 6.07) is 4.16. The third kappa shape index (κ3) is 6.56. The van der Waals surface area contributed by atoms with Crippen molar-refractivity contribution < 1.29 is 19.4 Å². The molecule has 3 atom stereocenters. The molecule has 0 aliphatic carbocycles. The summed E-state index contributed by atoms with van der Waals surface area (Å²) in [4.78, 5) is 27.3. The minimum Gasteiger partial charge on any atom is -0.481 e. The molecule has 3 unspecified atom stereocenters. The maximum atomic E-state index is 13.1. The fraction of sp³-hybridized carbons (Fsp3) is 0.600. The van der Waals surface area contributed by atoms with Gasteiger partial charge in [-0.15, -0.1) is 0 Å². The Morgan fingerprint density at radius 2 is 2.00 bits per heavy atom. The Labute approximate surface area is 192 Å². The Morgan fingerprint density at radius 1 is 1.34 bits per heavy atom. The maximum Gasteiger partial charge on any atom is 0.308 e. The van der Waals surface area contributed by atoms with E-state index in [1.165, 1.54) is 0 Å². The predicted molar refractivity (Wildman–Crippen MR) is 129 cm³/mol. The molecular weight excluding hydrogens is 406 g/mol. The van der Waals surface area contributed by atoms with E-state index in [4.69, 9.17) is 10.5 Å². The molecule has 0 bridgehead atoms. The van der Waals surface area contributed by atoms with Crippen molar-refractivity contribution in [1.29, 1.82) is 0 Å². The fourth-order valence-electron chi connectivity index (χ4n) is 4.58. The zero-order chi connectivity index (χ0) is 23.8. The third-order valence-electron chi connectivity index (χ3n) is 6.39. The van der Waals surface area contributed by atoms with Gasteiger partial charge in [0.05, 0.1) is 5.92 Å². The lowest BCUT2D eigenvalue weighted by atomic mass is 9.88. The van der Waals surface area contributed by atoms with Crippen LogP contribution in [0.5, 0.6) is 0 Å². The molecule has 1 heterocycles. The van der Waals surface area contributed by atoms with Gasteiger partial charge in [0.25, 0.3) is 5.91 Å². The number of amides is 1. The lowest BCUT2D eigenvalue weighted by Crippen LogP contribution is -2.40. The highest BCUT2D eigenvalue weighted by molar-refractivity contribution is 5.98. The van der Waals surface area contributed by atoms with E-state index in [0.717, 1.165) is 49.4 Å². The van der Waals surface area contributed by atoms with Crippen LogP contribution in [0.3, 0.4) is 0 Å². The van der Waals surface area contributed by atoms with Gasteiger partial charge in [0.15, 0.2) is 0 Å². The fourth-order valence-corrected chi connectivity index (χ4v) is 4.58. The number of hydrogen-bond donors (Lipinski definition) is 3. The molecule has 1 fully saturated rings. The zero-order valence-corrected chi connectivity index (χ0v) is 19.9. The number of nitrogens with one attached hydrogen (secondary N) is 1. The van der Waals surface area contributed by atoms with E-state index < -0.39 is 11.9 Å². The summed E-state index contributed by atoms with van der Waals surface area (Å²) in [5.74, 6) is -2.03. The van der Waals surface area contributed by atoms with Crippen LogP contribution in [-0.4, -0.2) is 55.4 Å². The van der Waals surface area contributed by atoms with Crippen molar-refractivity contribution in [3.05, 3.63) is 35.4 Å². The van der Waals surface area contributed by atoms with Crippen LogP contribution < -0.4 is 16.0 Å². The largest absolute Gasteiger partial charge is 0.481 e. The highest BCUT2D eigenvalue weighted by Gasteiger charge is 2.28. The van der Waals surface area contributed by atoms with Crippen LogP contribution in [0, 0.1) is 18.8 Å². The van der Waals surface area contributed by atoms with Crippen molar-refractivity contribution in [2.45, 2.75) is 59.0 Å². The van der Waals surface area contributed by atoms with E-state index in [9.17, 15) is 14.7 Å². The Morgan fingerprint density at radius 3 is 2.53 bits per heavy atom. The predicted octanol–water partition coefficient (Wildman–Crippen LogP) is 3.45. The van der Waals surface area contributed by atoms with Gasteiger partial charge in [0, 0.05) is 49.6 Å². The van der Waals surface area contributed by atoms with E-state index in [0.29, 0.717) is 18.0 Å². The molecule has 1 aliphatic heterocycles.